The van der Waals surface area contributed by atoms with Gasteiger partial charge in [-0.1, -0.05) is 35.5 Å². The van der Waals surface area contributed by atoms with Crippen LogP contribution in [0.3, 0.4) is 0 Å². The maximum absolute atomic E-state index is 13.0. The van der Waals surface area contributed by atoms with Gasteiger partial charge in [-0.25, -0.2) is 0 Å². The molecular weight excluding hydrogens is 316 g/mol. The molecule has 1 aromatic rings. The summed E-state index contributed by atoms with van der Waals surface area (Å²) >= 11 is 7.63. The first-order chi connectivity index (χ1) is 10.6. The lowest BCUT2D eigenvalue weighted by atomic mass is 9.93. The third kappa shape index (κ3) is 3.39. The second-order valence-corrected chi connectivity index (χ2v) is 7.13. The Morgan fingerprint density at radius 2 is 2.09 bits per heavy atom. The van der Waals surface area contributed by atoms with E-state index < -0.39 is 0 Å². The number of allylic oxidation sites excluding steroid dienone is 2. The van der Waals surface area contributed by atoms with Crippen LogP contribution >= 0.6 is 23.4 Å². The van der Waals surface area contributed by atoms with Crippen LogP contribution in [0, 0.1) is 5.92 Å². The molecule has 0 bridgehead atoms. The Bertz CT molecular complexity index is 612. The molecule has 1 amide bonds. The summed E-state index contributed by atoms with van der Waals surface area (Å²) in [5, 5.41) is 1.49. The van der Waals surface area contributed by atoms with Crippen molar-refractivity contribution in [3.8, 4) is 0 Å². The maximum Gasteiger partial charge on any atom is 0.236 e. The molecule has 1 aliphatic heterocycles. The zero-order chi connectivity index (χ0) is 15.5. The Morgan fingerprint density at radius 3 is 2.68 bits per heavy atom. The zero-order valence-corrected chi connectivity index (χ0v) is 14.1. The number of amides is 1. The number of carbonyl (C=O) groups is 1. The number of halogens is 1. The first-order valence-corrected chi connectivity index (χ1v) is 8.96. The van der Waals surface area contributed by atoms with E-state index in [-0.39, 0.29) is 17.9 Å². The molecule has 0 N–H and O–H groups in total. The number of hydrogen-bond donors (Lipinski definition) is 0. The van der Waals surface area contributed by atoms with Gasteiger partial charge in [0.05, 0.1) is 11.7 Å². The summed E-state index contributed by atoms with van der Waals surface area (Å²) in [5.41, 5.74) is 0.851. The van der Waals surface area contributed by atoms with Gasteiger partial charge in [0, 0.05) is 16.7 Å². The van der Waals surface area contributed by atoms with Gasteiger partial charge in [0.2, 0.25) is 5.91 Å². The van der Waals surface area contributed by atoms with Gasteiger partial charge < -0.3 is 0 Å². The van der Waals surface area contributed by atoms with Crippen molar-refractivity contribution >= 4 is 40.1 Å². The van der Waals surface area contributed by atoms with Gasteiger partial charge in [0.1, 0.15) is 0 Å². The number of anilines is 1. The van der Waals surface area contributed by atoms with Crippen molar-refractivity contribution < 1.29 is 4.79 Å². The third-order valence-corrected chi connectivity index (χ3v) is 5.35. The minimum Gasteiger partial charge on any atom is -0.274 e. The van der Waals surface area contributed by atoms with Gasteiger partial charge in [-0.3, -0.25) is 14.7 Å². The quantitative estimate of drug-likeness (QED) is 0.745. The summed E-state index contributed by atoms with van der Waals surface area (Å²) < 4.78 is 0. The molecule has 1 aliphatic carbocycles. The molecule has 0 radical (unpaired) electrons. The van der Waals surface area contributed by atoms with E-state index in [1.165, 1.54) is 0 Å². The second-order valence-electron chi connectivity index (χ2n) is 5.70. The van der Waals surface area contributed by atoms with E-state index in [1.807, 2.05) is 24.3 Å². The highest BCUT2D eigenvalue weighted by atomic mass is 35.5. The lowest BCUT2D eigenvalue weighted by Crippen LogP contribution is -2.39. The maximum atomic E-state index is 13.0. The number of carbonyl (C=O) groups excluding carboxylic acids is 1. The van der Waals surface area contributed by atoms with Crippen LogP contribution in [-0.4, -0.2) is 22.9 Å². The van der Waals surface area contributed by atoms with Crippen LogP contribution in [0.5, 0.6) is 0 Å². The Morgan fingerprint density at radius 1 is 1.32 bits per heavy atom. The highest BCUT2D eigenvalue weighted by Gasteiger charge is 2.31. The zero-order valence-electron chi connectivity index (χ0n) is 12.5. The minimum absolute atomic E-state index is 0.0416. The summed E-state index contributed by atoms with van der Waals surface area (Å²) in [5.74, 6) is 1.11. The molecule has 3 rings (SSSR count). The van der Waals surface area contributed by atoms with Crippen molar-refractivity contribution in [2.75, 3.05) is 10.7 Å². The fourth-order valence-corrected chi connectivity index (χ4v) is 3.87. The monoisotopic (exact) mass is 334 g/mol. The lowest BCUT2D eigenvalue weighted by Gasteiger charge is -2.27. The van der Waals surface area contributed by atoms with Crippen LogP contribution in [0.1, 0.15) is 26.2 Å². The van der Waals surface area contributed by atoms with Crippen molar-refractivity contribution in [1.29, 1.82) is 0 Å². The van der Waals surface area contributed by atoms with E-state index in [0.717, 1.165) is 35.9 Å². The average molecular weight is 335 g/mol. The molecule has 3 nitrogen and oxygen atoms in total. The Labute approximate surface area is 140 Å². The smallest absolute Gasteiger partial charge is 0.236 e. The van der Waals surface area contributed by atoms with E-state index in [1.54, 1.807) is 16.7 Å². The molecule has 2 aliphatic rings. The van der Waals surface area contributed by atoms with E-state index in [4.69, 9.17) is 11.6 Å². The number of rotatable bonds is 2. The summed E-state index contributed by atoms with van der Waals surface area (Å²) in [7, 11) is 0. The van der Waals surface area contributed by atoms with Gasteiger partial charge >= 0.3 is 0 Å². The molecule has 0 aromatic heterocycles. The fourth-order valence-electron chi connectivity index (χ4n) is 2.70. The SMILES string of the molecule is C[C@@H]1CSC(N(C(=O)[C@H]2CC=CCC2)c2ccc(Cl)cc2)=N1. The molecule has 22 heavy (non-hydrogen) atoms. The second kappa shape index (κ2) is 6.88. The van der Waals surface area contributed by atoms with E-state index in [0.29, 0.717) is 5.02 Å². The average Bonchev–Trinajstić information content (AvgIpc) is 2.96. The molecule has 0 saturated heterocycles. The van der Waals surface area contributed by atoms with Gasteiger partial charge in [-0.05, 0) is 50.5 Å². The molecule has 1 aromatic carbocycles. The molecule has 1 heterocycles. The van der Waals surface area contributed by atoms with Crippen molar-refractivity contribution in [3.63, 3.8) is 0 Å². The van der Waals surface area contributed by atoms with E-state index >= 15 is 0 Å². The number of benzene rings is 1. The van der Waals surface area contributed by atoms with Crippen molar-refractivity contribution in [3.05, 3.63) is 41.4 Å². The fraction of sp³-hybridized carbons (Fsp3) is 0.412. The van der Waals surface area contributed by atoms with E-state index in [9.17, 15) is 4.79 Å². The highest BCUT2D eigenvalue weighted by Crippen LogP contribution is 2.30. The lowest BCUT2D eigenvalue weighted by molar-refractivity contribution is -0.121. The Balaban J connectivity index is 1.92. The summed E-state index contributed by atoms with van der Waals surface area (Å²) in [6.07, 6.45) is 6.96. The standard InChI is InChI=1S/C17H19ClN2OS/c1-12-11-22-17(19-12)20(15-9-7-14(18)8-10-15)16(21)13-5-3-2-4-6-13/h2-3,7-10,12-13H,4-6,11H2,1H3/t12-,13+/m1/s1. The molecule has 5 heteroatoms. The summed E-state index contributed by atoms with van der Waals surface area (Å²) in [6, 6.07) is 7.69. The van der Waals surface area contributed by atoms with Gasteiger partial charge in [-0.15, -0.1) is 0 Å². The molecule has 0 unspecified atom stereocenters. The van der Waals surface area contributed by atoms with Crippen molar-refractivity contribution in [2.45, 2.75) is 32.2 Å². The normalized spacial score (nSPS) is 24.2. The molecule has 0 spiro atoms. The number of amidine groups is 1. The van der Waals surface area contributed by atoms with Crippen LogP contribution in [0.2, 0.25) is 5.02 Å². The van der Waals surface area contributed by atoms with Gasteiger partial charge in [0.25, 0.3) is 0 Å². The minimum atomic E-state index is 0.0416. The first-order valence-electron chi connectivity index (χ1n) is 7.60. The Hall–Kier alpha value is -1.26. The van der Waals surface area contributed by atoms with Crippen LogP contribution < -0.4 is 4.90 Å². The van der Waals surface area contributed by atoms with Gasteiger partial charge in [-0.2, -0.15) is 0 Å². The Kier molecular flexibility index (Phi) is 4.89. The molecular formula is C17H19ClN2OS. The molecule has 116 valence electrons. The number of hydrogen-bond acceptors (Lipinski definition) is 3. The van der Waals surface area contributed by atoms with Crippen LogP contribution in [0.15, 0.2) is 41.4 Å². The third-order valence-electron chi connectivity index (χ3n) is 3.90. The molecule has 2 atom stereocenters. The topological polar surface area (TPSA) is 32.7 Å². The number of thioether (sulfide) groups is 1. The summed E-state index contributed by atoms with van der Waals surface area (Å²) in [6.45, 7) is 2.08. The predicted octanol–water partition coefficient (Wildman–Crippen LogP) is 4.52. The largest absolute Gasteiger partial charge is 0.274 e. The molecule has 0 saturated carbocycles. The van der Waals surface area contributed by atoms with E-state index in [2.05, 4.69) is 24.1 Å². The van der Waals surface area contributed by atoms with Crippen LogP contribution in [0.4, 0.5) is 5.69 Å². The van der Waals surface area contributed by atoms with Gasteiger partial charge in [0.15, 0.2) is 5.17 Å². The highest BCUT2D eigenvalue weighted by molar-refractivity contribution is 8.14. The van der Waals surface area contributed by atoms with Crippen molar-refractivity contribution in [1.82, 2.24) is 0 Å². The van der Waals surface area contributed by atoms with Crippen LogP contribution in [-0.2, 0) is 4.79 Å². The van der Waals surface area contributed by atoms with Crippen LogP contribution in [0.25, 0.3) is 0 Å². The predicted molar refractivity (Wildman–Crippen MR) is 94.8 cm³/mol. The number of aliphatic imine (C=N–C) groups is 1. The summed E-state index contributed by atoms with van der Waals surface area (Å²) in [4.78, 5) is 19.5. The number of nitrogens with zero attached hydrogens (tertiary/aromatic N) is 2. The molecule has 0 fully saturated rings. The first kappa shape index (κ1) is 15.6. The van der Waals surface area contributed by atoms with Crippen molar-refractivity contribution in [2.24, 2.45) is 10.9 Å².